The van der Waals surface area contributed by atoms with Gasteiger partial charge in [-0.2, -0.15) is 0 Å². The third-order valence-electron chi connectivity index (χ3n) is 7.31. The average Bonchev–Trinajstić information content (AvgIpc) is 3.31. The molecule has 0 saturated heterocycles. The fraction of sp³-hybridized carbons (Fsp3) is 0.556. The number of nitrogens with one attached hydrogen (secondary N) is 3. The van der Waals surface area contributed by atoms with Gasteiger partial charge in [-0.25, -0.2) is 4.39 Å². The lowest BCUT2D eigenvalue weighted by Gasteiger charge is -2.18. The van der Waals surface area contributed by atoms with E-state index in [0.717, 1.165) is 36.6 Å². The number of amides is 2. The van der Waals surface area contributed by atoms with Crippen molar-refractivity contribution in [1.82, 2.24) is 15.2 Å². The van der Waals surface area contributed by atoms with E-state index in [-0.39, 0.29) is 23.5 Å². The quantitative estimate of drug-likeness (QED) is 0.199. The summed E-state index contributed by atoms with van der Waals surface area (Å²) in [6.07, 6.45) is 1.49. The number of hydrogen-bond acceptors (Lipinski definition) is 4. The number of fused-ring (bicyclic) bond motifs is 1. The van der Waals surface area contributed by atoms with Crippen LogP contribution in [0.3, 0.4) is 0 Å². The number of aromatic amines is 1. The normalized spacial score (nSPS) is 15.3. The maximum atomic E-state index is 15.0. The maximum Gasteiger partial charge on any atom is 0.253 e. The molecule has 37 heavy (non-hydrogen) atoms. The highest BCUT2D eigenvalue weighted by Crippen LogP contribution is 2.38. The van der Waals surface area contributed by atoms with Crippen LogP contribution in [0.5, 0.6) is 0 Å². The third-order valence-corrected chi connectivity index (χ3v) is 7.31. The van der Waals surface area contributed by atoms with Gasteiger partial charge in [-0.3, -0.25) is 9.59 Å². The highest BCUT2D eigenvalue weighted by molar-refractivity contribution is 6.03. The summed E-state index contributed by atoms with van der Waals surface area (Å²) in [4.78, 5) is 34.1. The molecule has 0 spiro atoms. The largest absolute Gasteiger partial charge is 0.362 e. The van der Waals surface area contributed by atoms with Crippen LogP contribution in [0.2, 0.25) is 0 Å². The van der Waals surface area contributed by atoms with Gasteiger partial charge in [0.25, 0.3) is 5.91 Å². The lowest BCUT2D eigenvalue weighted by molar-refractivity contribution is -0.117. The Bertz CT molecular complexity index is 1180. The molecule has 200 valence electrons. The predicted octanol–water partition coefficient (Wildman–Crippen LogP) is 5.00. The summed E-state index contributed by atoms with van der Waals surface area (Å²) >= 11 is 0. The topological polar surface area (TPSA) is 126 Å². The van der Waals surface area contributed by atoms with Crippen LogP contribution in [0.4, 0.5) is 10.1 Å². The second-order valence-electron chi connectivity index (χ2n) is 9.84. The Kier molecular flexibility index (Phi) is 9.72. The molecule has 1 aliphatic rings. The van der Waals surface area contributed by atoms with E-state index in [1.807, 2.05) is 20.8 Å². The van der Waals surface area contributed by atoms with Crippen LogP contribution in [-0.4, -0.2) is 54.4 Å². The van der Waals surface area contributed by atoms with Crippen molar-refractivity contribution in [2.45, 2.75) is 59.8 Å². The molecule has 3 N–H and O–H groups in total. The Labute approximate surface area is 217 Å². The highest BCUT2D eigenvalue weighted by atomic mass is 19.1. The number of H-pyrrole nitrogens is 1. The van der Waals surface area contributed by atoms with Gasteiger partial charge in [-0.05, 0) is 80.1 Å². The van der Waals surface area contributed by atoms with Crippen LogP contribution in [0, 0.1) is 25.6 Å². The first-order chi connectivity index (χ1) is 17.7. The molecular formula is C27H38FN7O2. The summed E-state index contributed by atoms with van der Waals surface area (Å²) in [5.41, 5.74) is 13.2. The molecule has 2 heterocycles. The predicted molar refractivity (Wildman–Crippen MR) is 143 cm³/mol. The van der Waals surface area contributed by atoms with Crippen molar-refractivity contribution in [3.05, 3.63) is 62.0 Å². The molecular weight excluding hydrogens is 473 g/mol. The molecule has 2 unspecified atom stereocenters. The molecule has 0 bridgehead atoms. The van der Waals surface area contributed by atoms with Crippen molar-refractivity contribution in [1.29, 1.82) is 0 Å². The van der Waals surface area contributed by atoms with Gasteiger partial charge >= 0.3 is 0 Å². The van der Waals surface area contributed by atoms with Crippen molar-refractivity contribution < 1.29 is 14.0 Å². The lowest BCUT2D eigenvalue weighted by Crippen LogP contribution is -2.35. The number of anilines is 1. The Hall–Kier alpha value is -3.36. The zero-order valence-electron chi connectivity index (χ0n) is 22.4. The first-order valence-corrected chi connectivity index (χ1v) is 13.0. The lowest BCUT2D eigenvalue weighted by atomic mass is 9.91. The van der Waals surface area contributed by atoms with E-state index in [9.17, 15) is 9.59 Å². The fourth-order valence-corrected chi connectivity index (χ4v) is 5.07. The summed E-state index contributed by atoms with van der Waals surface area (Å²) < 4.78 is 15.0. The monoisotopic (exact) mass is 511 g/mol. The minimum absolute atomic E-state index is 0.132. The van der Waals surface area contributed by atoms with Crippen LogP contribution >= 0.6 is 0 Å². The van der Waals surface area contributed by atoms with Crippen LogP contribution in [0.15, 0.2) is 17.2 Å². The standard InChI is InChI=1S/C27H38FN7O2/c1-6-35(7-2)11-10-30-27(37)25-17(4)23(32-18(25)5)15-21-20-14-22(28)19(13-24(20)33-26(21)36)12-16(3)8-9-31-34-29/h13-14,16,21,32H,6-12,15H2,1-5H3,(H,30,37)(H,33,36). The number of benzene rings is 1. The molecule has 9 nitrogen and oxygen atoms in total. The number of aromatic nitrogens is 1. The Morgan fingerprint density at radius 3 is 2.70 bits per heavy atom. The van der Waals surface area contributed by atoms with Gasteiger partial charge in [-0.1, -0.05) is 25.9 Å². The van der Waals surface area contributed by atoms with E-state index in [2.05, 4.69) is 44.4 Å². The highest BCUT2D eigenvalue weighted by Gasteiger charge is 2.33. The van der Waals surface area contributed by atoms with Gasteiger partial charge in [0.2, 0.25) is 5.91 Å². The van der Waals surface area contributed by atoms with E-state index >= 15 is 4.39 Å². The molecule has 1 aliphatic heterocycles. The molecule has 0 saturated carbocycles. The second kappa shape index (κ2) is 12.7. The molecule has 2 aromatic rings. The number of halogens is 1. The number of hydrogen-bond donors (Lipinski definition) is 3. The van der Waals surface area contributed by atoms with E-state index in [1.54, 1.807) is 6.07 Å². The smallest absolute Gasteiger partial charge is 0.253 e. The Morgan fingerprint density at radius 1 is 1.30 bits per heavy atom. The minimum atomic E-state index is -0.545. The number of rotatable bonds is 13. The van der Waals surface area contributed by atoms with E-state index in [1.165, 1.54) is 6.07 Å². The maximum absolute atomic E-state index is 15.0. The second-order valence-corrected chi connectivity index (χ2v) is 9.84. The third kappa shape index (κ3) is 6.70. The molecule has 3 rings (SSSR count). The molecule has 1 aromatic carbocycles. The summed E-state index contributed by atoms with van der Waals surface area (Å²) in [6, 6.07) is 3.17. The molecule has 0 radical (unpaired) electrons. The number of nitrogens with zero attached hydrogens (tertiary/aromatic N) is 4. The summed E-state index contributed by atoms with van der Waals surface area (Å²) in [5, 5.41) is 9.45. The van der Waals surface area contributed by atoms with Crippen LogP contribution in [0.1, 0.15) is 71.5 Å². The fourth-order valence-electron chi connectivity index (χ4n) is 5.07. The summed E-state index contributed by atoms with van der Waals surface area (Å²) in [6.45, 7) is 13.5. The Morgan fingerprint density at radius 2 is 2.03 bits per heavy atom. The van der Waals surface area contributed by atoms with Crippen molar-refractivity contribution in [2.75, 3.05) is 38.0 Å². The molecule has 0 aliphatic carbocycles. The molecule has 2 atom stereocenters. The van der Waals surface area contributed by atoms with Crippen LogP contribution in [-0.2, 0) is 17.6 Å². The molecule has 2 amide bonds. The van der Waals surface area contributed by atoms with Gasteiger partial charge < -0.3 is 20.5 Å². The van der Waals surface area contributed by atoms with Crippen LogP contribution in [0.25, 0.3) is 10.4 Å². The number of azide groups is 1. The molecule has 0 fully saturated rings. The van der Waals surface area contributed by atoms with E-state index in [0.29, 0.717) is 54.7 Å². The zero-order valence-corrected chi connectivity index (χ0v) is 22.4. The van der Waals surface area contributed by atoms with Crippen molar-refractivity contribution in [2.24, 2.45) is 11.0 Å². The summed E-state index contributed by atoms with van der Waals surface area (Å²) in [7, 11) is 0. The van der Waals surface area contributed by atoms with Crippen molar-refractivity contribution >= 4 is 17.5 Å². The number of carbonyl (C=O) groups excluding carboxylic acids is 2. The van der Waals surface area contributed by atoms with Gasteiger partial charge in [0.15, 0.2) is 0 Å². The van der Waals surface area contributed by atoms with Crippen molar-refractivity contribution in [3.8, 4) is 0 Å². The first-order valence-electron chi connectivity index (χ1n) is 13.0. The van der Waals surface area contributed by atoms with Gasteiger partial charge in [-0.15, -0.1) is 0 Å². The Balaban J connectivity index is 1.73. The number of likely N-dealkylation sites (N-methyl/N-ethyl adjacent to an activating group) is 1. The van der Waals surface area contributed by atoms with Gasteiger partial charge in [0.05, 0.1) is 11.5 Å². The molecule has 10 heteroatoms. The summed E-state index contributed by atoms with van der Waals surface area (Å²) in [5.74, 6) is -1.07. The van der Waals surface area contributed by atoms with Crippen LogP contribution < -0.4 is 10.6 Å². The van der Waals surface area contributed by atoms with Gasteiger partial charge in [0, 0.05) is 48.0 Å². The molecule has 1 aromatic heterocycles. The average molecular weight is 512 g/mol. The van der Waals surface area contributed by atoms with E-state index < -0.39 is 5.92 Å². The van der Waals surface area contributed by atoms with Gasteiger partial charge in [0.1, 0.15) is 5.82 Å². The zero-order chi connectivity index (χ0) is 27.1. The number of carbonyl (C=O) groups is 2. The minimum Gasteiger partial charge on any atom is -0.362 e. The first kappa shape index (κ1) is 28.2. The number of aryl methyl sites for hydroxylation is 1. The van der Waals surface area contributed by atoms with Crippen molar-refractivity contribution in [3.63, 3.8) is 0 Å². The SMILES string of the molecule is CCN(CC)CCNC(=O)c1c(C)[nH]c(CC2C(=O)Nc3cc(CC(C)CCN=[N+]=[N-])c(F)cc32)c1C. The van der Waals surface area contributed by atoms with E-state index in [4.69, 9.17) is 5.53 Å².